The summed E-state index contributed by atoms with van der Waals surface area (Å²) in [5, 5.41) is 0. The van der Waals surface area contributed by atoms with Crippen molar-refractivity contribution in [2.24, 2.45) is 0 Å². The minimum atomic E-state index is -3.92. The average molecular weight is 471 g/mol. The topological polar surface area (TPSA) is 120 Å². The van der Waals surface area contributed by atoms with Gasteiger partial charge in [-0.1, -0.05) is 18.2 Å². The molecule has 8 nitrogen and oxygen atoms in total. The van der Waals surface area contributed by atoms with Crippen molar-refractivity contribution in [3.8, 4) is 11.3 Å². The molecule has 3 N–H and O–H groups in total. The molecule has 33 heavy (non-hydrogen) atoms. The third kappa shape index (κ3) is 5.21. The highest BCUT2D eigenvalue weighted by molar-refractivity contribution is 7.91. The number of pyridine rings is 1. The number of ether oxygens (including phenoxy) is 1. The number of hydrogen-bond acceptors (Lipinski definition) is 7. The van der Waals surface area contributed by atoms with Gasteiger partial charge in [0.05, 0.1) is 35.5 Å². The minimum Gasteiger partial charge on any atom is -0.380 e. The Hall–Kier alpha value is -3.70. The van der Waals surface area contributed by atoms with Crippen LogP contribution in [0.3, 0.4) is 0 Å². The van der Waals surface area contributed by atoms with E-state index in [1.165, 1.54) is 37.6 Å². The van der Waals surface area contributed by atoms with Crippen LogP contribution in [0.1, 0.15) is 11.1 Å². The summed E-state index contributed by atoms with van der Waals surface area (Å²) >= 11 is 0. The molecule has 2 aromatic heterocycles. The van der Waals surface area contributed by atoms with Crippen LogP contribution in [0.4, 0.5) is 20.4 Å². The predicted molar refractivity (Wildman–Crippen MR) is 120 cm³/mol. The zero-order valence-electron chi connectivity index (χ0n) is 17.4. The van der Waals surface area contributed by atoms with Crippen LogP contribution < -0.4 is 10.5 Å². The molecule has 170 valence electrons. The number of hydrogen-bond donors (Lipinski definition) is 2. The number of anilines is 2. The molecule has 0 unspecified atom stereocenters. The van der Waals surface area contributed by atoms with E-state index in [0.717, 1.165) is 12.1 Å². The van der Waals surface area contributed by atoms with Crippen LogP contribution in [0, 0.1) is 11.6 Å². The van der Waals surface area contributed by atoms with Crippen molar-refractivity contribution >= 4 is 32.7 Å². The fourth-order valence-electron chi connectivity index (χ4n) is 3.28. The monoisotopic (exact) mass is 471 g/mol. The molecule has 0 radical (unpaired) electrons. The van der Waals surface area contributed by atoms with Gasteiger partial charge in [-0.25, -0.2) is 32.2 Å². The Morgan fingerprint density at radius 1 is 1.06 bits per heavy atom. The number of halogens is 2. The number of nitrogens with one attached hydrogen (secondary N) is 1. The molecule has 0 saturated heterocycles. The first-order chi connectivity index (χ1) is 15.7. The Balaban J connectivity index is 1.63. The molecule has 11 heteroatoms. The number of aromatic nitrogens is 3. The lowest BCUT2D eigenvalue weighted by Crippen LogP contribution is -2.16. The number of nitrogens with two attached hydrogens (primary N) is 1. The molecule has 0 amide bonds. The Bertz CT molecular complexity index is 1430. The van der Waals surface area contributed by atoms with Gasteiger partial charge in [-0.15, -0.1) is 0 Å². The van der Waals surface area contributed by atoms with Gasteiger partial charge >= 0.3 is 0 Å². The molecule has 0 saturated carbocycles. The lowest BCUT2D eigenvalue weighted by atomic mass is 10.1. The van der Waals surface area contributed by atoms with Crippen molar-refractivity contribution in [3.05, 3.63) is 77.5 Å². The number of fused-ring (bicyclic) bond motifs is 1. The summed E-state index contributed by atoms with van der Waals surface area (Å²) in [5.41, 5.74) is 8.35. The van der Waals surface area contributed by atoms with Crippen LogP contribution in [-0.2, 0) is 27.1 Å². The average Bonchev–Trinajstić information content (AvgIpc) is 2.77. The van der Waals surface area contributed by atoms with Gasteiger partial charge in [0.15, 0.2) is 0 Å². The van der Waals surface area contributed by atoms with E-state index in [4.69, 9.17) is 10.5 Å². The van der Waals surface area contributed by atoms with E-state index in [1.807, 2.05) is 0 Å². The molecular formula is C22H19F2N5O3S. The Morgan fingerprint density at radius 2 is 1.82 bits per heavy atom. The van der Waals surface area contributed by atoms with Gasteiger partial charge in [0.2, 0.25) is 16.0 Å². The van der Waals surface area contributed by atoms with E-state index >= 15 is 0 Å². The van der Waals surface area contributed by atoms with Gasteiger partial charge in [-0.05, 0) is 35.9 Å². The molecule has 0 atom stereocenters. The number of methoxy groups -OCH3 is 1. The van der Waals surface area contributed by atoms with Gasteiger partial charge in [-0.2, -0.15) is 0 Å². The predicted octanol–water partition coefficient (Wildman–Crippen LogP) is 3.64. The lowest BCUT2D eigenvalue weighted by Gasteiger charge is -2.12. The van der Waals surface area contributed by atoms with Crippen molar-refractivity contribution in [2.45, 2.75) is 12.4 Å². The summed E-state index contributed by atoms with van der Waals surface area (Å²) in [6.45, 7) is 0.228. The van der Waals surface area contributed by atoms with E-state index in [-0.39, 0.29) is 18.2 Å². The first kappa shape index (κ1) is 22.5. The molecule has 0 bridgehead atoms. The lowest BCUT2D eigenvalue weighted by molar-refractivity contribution is 0.186. The van der Waals surface area contributed by atoms with Crippen molar-refractivity contribution in [1.82, 2.24) is 15.0 Å². The van der Waals surface area contributed by atoms with Crippen molar-refractivity contribution in [3.63, 3.8) is 0 Å². The van der Waals surface area contributed by atoms with Crippen LogP contribution in [0.25, 0.3) is 22.3 Å². The third-order valence-corrected chi connectivity index (χ3v) is 5.99. The molecule has 4 aromatic rings. The van der Waals surface area contributed by atoms with Gasteiger partial charge in [0.25, 0.3) is 0 Å². The molecule has 2 aromatic carbocycles. The quantitative estimate of drug-likeness (QED) is 0.422. The summed E-state index contributed by atoms with van der Waals surface area (Å²) < 4.78 is 60.1. The Kier molecular flexibility index (Phi) is 6.16. The van der Waals surface area contributed by atoms with Crippen molar-refractivity contribution in [1.29, 1.82) is 0 Å². The van der Waals surface area contributed by atoms with E-state index < -0.39 is 27.4 Å². The summed E-state index contributed by atoms with van der Waals surface area (Å²) in [7, 11) is -2.39. The van der Waals surface area contributed by atoms with Crippen molar-refractivity contribution in [2.75, 3.05) is 17.6 Å². The zero-order chi connectivity index (χ0) is 23.6. The van der Waals surface area contributed by atoms with E-state index in [9.17, 15) is 17.2 Å². The number of sulfonamides is 1. The second-order valence-corrected chi connectivity index (χ2v) is 8.97. The zero-order valence-corrected chi connectivity index (χ0v) is 18.2. The molecule has 0 fully saturated rings. The van der Waals surface area contributed by atoms with Gasteiger partial charge < -0.3 is 10.5 Å². The summed E-state index contributed by atoms with van der Waals surface area (Å²) in [6, 6.07) is 10.8. The molecule has 0 aliphatic rings. The number of rotatable bonds is 7. The fraction of sp³-hybridized carbons (Fsp3) is 0.136. The highest BCUT2D eigenvalue weighted by atomic mass is 32.2. The highest BCUT2D eigenvalue weighted by Crippen LogP contribution is 2.28. The summed E-state index contributed by atoms with van der Waals surface area (Å²) in [6.07, 6.45) is 1.47. The number of benzene rings is 2. The van der Waals surface area contributed by atoms with Gasteiger partial charge in [0.1, 0.15) is 17.2 Å². The molecule has 0 aliphatic carbocycles. The smallest absolute Gasteiger partial charge is 0.237 e. The van der Waals surface area contributed by atoms with Gasteiger partial charge in [0, 0.05) is 18.2 Å². The first-order valence-electron chi connectivity index (χ1n) is 9.70. The summed E-state index contributed by atoms with van der Waals surface area (Å²) in [4.78, 5) is 12.6. The minimum absolute atomic E-state index is 0.0951. The summed E-state index contributed by atoms with van der Waals surface area (Å²) in [5.74, 6) is -1.59. The highest BCUT2D eigenvalue weighted by Gasteiger charge is 2.16. The van der Waals surface area contributed by atoms with E-state index in [2.05, 4.69) is 19.7 Å². The Labute approximate surface area is 188 Å². The maximum Gasteiger partial charge on any atom is 0.237 e. The van der Waals surface area contributed by atoms with Crippen LogP contribution in [0.2, 0.25) is 0 Å². The second kappa shape index (κ2) is 9.04. The standard InChI is InChI=1S/C22H19F2N5O3S/c1-32-11-15-9-19(27-20-10-26-22(25)28-21(15)20)14-4-7-18(17(24)8-14)29-33(30,31)12-13-2-5-16(23)6-3-13/h2-10,29H,11-12H2,1H3,(H2,25,26,28). The van der Waals surface area contributed by atoms with Crippen molar-refractivity contribution < 1.29 is 21.9 Å². The number of nitrogen functional groups attached to an aromatic ring is 1. The normalized spacial score (nSPS) is 11.6. The molecular weight excluding hydrogens is 452 g/mol. The molecule has 0 aliphatic heterocycles. The van der Waals surface area contributed by atoms with E-state index in [0.29, 0.717) is 33.4 Å². The van der Waals surface area contributed by atoms with Crippen LogP contribution in [0.5, 0.6) is 0 Å². The first-order valence-corrected chi connectivity index (χ1v) is 11.4. The molecule has 0 spiro atoms. The second-order valence-electron chi connectivity index (χ2n) is 7.24. The molecule has 2 heterocycles. The fourth-order valence-corrected chi connectivity index (χ4v) is 4.48. The van der Waals surface area contributed by atoms with Crippen LogP contribution in [0.15, 0.2) is 54.7 Å². The maximum absolute atomic E-state index is 14.8. The largest absolute Gasteiger partial charge is 0.380 e. The van der Waals surface area contributed by atoms with E-state index in [1.54, 1.807) is 12.1 Å². The van der Waals surface area contributed by atoms with Gasteiger partial charge in [-0.3, -0.25) is 4.72 Å². The number of nitrogens with zero attached hydrogens (tertiary/aromatic N) is 3. The SMILES string of the molecule is COCc1cc(-c2ccc(NS(=O)(=O)Cc3ccc(F)cc3)c(F)c2)nc2cnc(N)nc12. The third-order valence-electron chi connectivity index (χ3n) is 4.74. The Morgan fingerprint density at radius 3 is 2.52 bits per heavy atom. The van der Waals surface area contributed by atoms with Crippen LogP contribution >= 0.6 is 0 Å². The maximum atomic E-state index is 14.8. The van der Waals surface area contributed by atoms with Crippen LogP contribution in [-0.4, -0.2) is 30.5 Å². The molecule has 4 rings (SSSR count).